The molecule has 0 N–H and O–H groups in total. The lowest BCUT2D eigenvalue weighted by molar-refractivity contribution is 0.209. The Morgan fingerprint density at radius 3 is 2.93 bits per heavy atom. The standard InChI is InChI=1S/C13H21N/c1-14-12-8-4-2-6-10(12)11-7-3-5-9-13(11)14/h8,10-11,13H,2-7,9H2,1H3. The molecule has 0 aromatic heterocycles. The van der Waals surface area contributed by atoms with Gasteiger partial charge in [0.25, 0.3) is 0 Å². The van der Waals surface area contributed by atoms with Gasteiger partial charge in [-0.2, -0.15) is 0 Å². The van der Waals surface area contributed by atoms with Gasteiger partial charge in [-0.05, 0) is 38.0 Å². The maximum Gasteiger partial charge on any atom is 0.0318 e. The summed E-state index contributed by atoms with van der Waals surface area (Å²) in [5.41, 5.74) is 1.70. The third-order valence-corrected chi connectivity index (χ3v) is 4.66. The van der Waals surface area contributed by atoms with E-state index < -0.39 is 0 Å². The van der Waals surface area contributed by atoms with Crippen molar-refractivity contribution in [2.24, 2.45) is 11.8 Å². The van der Waals surface area contributed by atoms with Gasteiger partial charge in [0, 0.05) is 24.7 Å². The molecule has 78 valence electrons. The van der Waals surface area contributed by atoms with E-state index in [-0.39, 0.29) is 0 Å². The van der Waals surface area contributed by atoms with Crippen LogP contribution >= 0.6 is 0 Å². The van der Waals surface area contributed by atoms with E-state index in [0.29, 0.717) is 0 Å². The first-order valence-electron chi connectivity index (χ1n) is 6.31. The fourth-order valence-electron chi connectivity index (χ4n) is 4.01. The lowest BCUT2D eigenvalue weighted by atomic mass is 9.76. The lowest BCUT2D eigenvalue weighted by Gasteiger charge is -2.30. The van der Waals surface area contributed by atoms with Crippen LogP contribution in [0.3, 0.4) is 0 Å². The lowest BCUT2D eigenvalue weighted by Crippen LogP contribution is -2.31. The Hall–Kier alpha value is -0.460. The minimum atomic E-state index is 0.901. The van der Waals surface area contributed by atoms with Crippen LogP contribution in [0.5, 0.6) is 0 Å². The maximum absolute atomic E-state index is 2.62. The zero-order chi connectivity index (χ0) is 9.54. The fourth-order valence-corrected chi connectivity index (χ4v) is 4.01. The minimum Gasteiger partial charge on any atom is -0.375 e. The molecule has 0 bridgehead atoms. The van der Waals surface area contributed by atoms with Gasteiger partial charge in [0.1, 0.15) is 0 Å². The second-order valence-electron chi connectivity index (χ2n) is 5.29. The van der Waals surface area contributed by atoms with Crippen molar-refractivity contribution in [1.29, 1.82) is 0 Å². The molecule has 0 amide bonds. The molecule has 1 heteroatoms. The molecule has 1 nitrogen and oxygen atoms in total. The van der Waals surface area contributed by atoms with Crippen molar-refractivity contribution in [2.75, 3.05) is 7.05 Å². The molecule has 1 aliphatic heterocycles. The van der Waals surface area contributed by atoms with E-state index in [1.54, 1.807) is 5.70 Å². The largest absolute Gasteiger partial charge is 0.375 e. The summed E-state index contributed by atoms with van der Waals surface area (Å²) < 4.78 is 0. The number of allylic oxidation sites excluding steroid dienone is 2. The van der Waals surface area contributed by atoms with Gasteiger partial charge < -0.3 is 4.90 Å². The molecule has 14 heavy (non-hydrogen) atoms. The molecule has 3 rings (SSSR count). The molecule has 1 saturated heterocycles. The predicted molar refractivity (Wildman–Crippen MR) is 58.9 cm³/mol. The van der Waals surface area contributed by atoms with Crippen molar-refractivity contribution >= 4 is 0 Å². The summed E-state index contributed by atoms with van der Waals surface area (Å²) in [4.78, 5) is 2.62. The predicted octanol–water partition coefficient (Wildman–Crippen LogP) is 3.17. The van der Waals surface area contributed by atoms with E-state index in [0.717, 1.165) is 17.9 Å². The van der Waals surface area contributed by atoms with Crippen molar-refractivity contribution in [3.63, 3.8) is 0 Å². The van der Waals surface area contributed by atoms with E-state index in [1.165, 1.54) is 44.9 Å². The third kappa shape index (κ3) is 1.14. The first-order valence-corrected chi connectivity index (χ1v) is 6.31. The number of fused-ring (bicyclic) bond motifs is 3. The molecule has 3 atom stereocenters. The summed E-state index contributed by atoms with van der Waals surface area (Å²) in [6, 6.07) is 0.901. The van der Waals surface area contributed by atoms with Crippen molar-refractivity contribution in [3.8, 4) is 0 Å². The normalized spacial score (nSPS) is 41.6. The van der Waals surface area contributed by atoms with Gasteiger partial charge >= 0.3 is 0 Å². The Kier molecular flexibility index (Phi) is 2.07. The van der Waals surface area contributed by atoms with Crippen molar-refractivity contribution in [3.05, 3.63) is 11.8 Å². The molecule has 1 heterocycles. The summed E-state index contributed by atoms with van der Waals surface area (Å²) in [7, 11) is 2.33. The van der Waals surface area contributed by atoms with Crippen LogP contribution < -0.4 is 0 Å². The first kappa shape index (κ1) is 8.82. The highest BCUT2D eigenvalue weighted by atomic mass is 15.2. The number of hydrogen-bond donors (Lipinski definition) is 0. The molecule has 1 saturated carbocycles. The zero-order valence-electron chi connectivity index (χ0n) is 9.21. The van der Waals surface area contributed by atoms with Gasteiger partial charge in [0.2, 0.25) is 0 Å². The molecule has 3 unspecified atom stereocenters. The van der Waals surface area contributed by atoms with Crippen molar-refractivity contribution < 1.29 is 0 Å². The summed E-state index contributed by atoms with van der Waals surface area (Å²) in [6.07, 6.45) is 12.7. The summed E-state index contributed by atoms with van der Waals surface area (Å²) in [5, 5.41) is 0. The second kappa shape index (κ2) is 3.29. The zero-order valence-corrected chi connectivity index (χ0v) is 9.21. The van der Waals surface area contributed by atoms with E-state index in [1.807, 2.05) is 0 Å². The molecule has 3 aliphatic rings. The molecule has 0 spiro atoms. The van der Waals surface area contributed by atoms with E-state index in [2.05, 4.69) is 18.0 Å². The van der Waals surface area contributed by atoms with Gasteiger partial charge in [0.15, 0.2) is 0 Å². The van der Waals surface area contributed by atoms with Crippen LogP contribution in [0, 0.1) is 11.8 Å². The third-order valence-electron chi connectivity index (χ3n) is 4.66. The Balaban J connectivity index is 1.91. The Bertz CT molecular complexity index is 256. The number of rotatable bonds is 0. The van der Waals surface area contributed by atoms with E-state index in [4.69, 9.17) is 0 Å². The van der Waals surface area contributed by atoms with Gasteiger partial charge in [-0.3, -0.25) is 0 Å². The highest BCUT2D eigenvalue weighted by molar-refractivity contribution is 5.18. The highest BCUT2D eigenvalue weighted by Gasteiger charge is 2.44. The Morgan fingerprint density at radius 1 is 1.14 bits per heavy atom. The average molecular weight is 191 g/mol. The van der Waals surface area contributed by atoms with Gasteiger partial charge in [-0.1, -0.05) is 18.9 Å². The summed E-state index contributed by atoms with van der Waals surface area (Å²) in [5.74, 6) is 1.96. The van der Waals surface area contributed by atoms with Crippen molar-refractivity contribution in [2.45, 2.75) is 51.0 Å². The molecular formula is C13H21N. The Labute approximate surface area is 87.2 Å². The van der Waals surface area contributed by atoms with Crippen LogP contribution in [0.25, 0.3) is 0 Å². The van der Waals surface area contributed by atoms with Crippen LogP contribution in [0.4, 0.5) is 0 Å². The fraction of sp³-hybridized carbons (Fsp3) is 0.846. The SMILES string of the molecule is CN1C2=CCCCC2C2CCCCC21. The monoisotopic (exact) mass is 191 g/mol. The van der Waals surface area contributed by atoms with E-state index >= 15 is 0 Å². The maximum atomic E-state index is 2.62. The molecule has 0 aromatic carbocycles. The van der Waals surface area contributed by atoms with Crippen LogP contribution in [0.1, 0.15) is 44.9 Å². The van der Waals surface area contributed by atoms with Crippen molar-refractivity contribution in [1.82, 2.24) is 4.90 Å². The number of hydrogen-bond acceptors (Lipinski definition) is 1. The van der Waals surface area contributed by atoms with Gasteiger partial charge in [0.05, 0.1) is 0 Å². The quantitative estimate of drug-likeness (QED) is 0.568. The van der Waals surface area contributed by atoms with Gasteiger partial charge in [-0.25, -0.2) is 0 Å². The first-order chi connectivity index (χ1) is 6.88. The average Bonchev–Trinajstić information content (AvgIpc) is 2.55. The molecule has 0 aromatic rings. The second-order valence-corrected chi connectivity index (χ2v) is 5.29. The molecular weight excluding hydrogens is 170 g/mol. The topological polar surface area (TPSA) is 3.24 Å². The van der Waals surface area contributed by atoms with Crippen LogP contribution in [0.2, 0.25) is 0 Å². The molecule has 2 aliphatic carbocycles. The summed E-state index contributed by atoms with van der Waals surface area (Å²) >= 11 is 0. The van der Waals surface area contributed by atoms with Crippen LogP contribution in [-0.4, -0.2) is 18.0 Å². The van der Waals surface area contributed by atoms with Gasteiger partial charge in [-0.15, -0.1) is 0 Å². The summed E-state index contributed by atoms with van der Waals surface area (Å²) in [6.45, 7) is 0. The highest BCUT2D eigenvalue weighted by Crippen LogP contribution is 2.48. The Morgan fingerprint density at radius 2 is 2.00 bits per heavy atom. The van der Waals surface area contributed by atoms with Crippen LogP contribution in [-0.2, 0) is 0 Å². The molecule has 2 fully saturated rings. The molecule has 0 radical (unpaired) electrons. The van der Waals surface area contributed by atoms with E-state index in [9.17, 15) is 0 Å². The van der Waals surface area contributed by atoms with Crippen LogP contribution in [0.15, 0.2) is 11.8 Å². The minimum absolute atomic E-state index is 0.901. The number of likely N-dealkylation sites (tertiary alicyclic amines) is 1. The smallest absolute Gasteiger partial charge is 0.0318 e. The number of nitrogens with zero attached hydrogens (tertiary/aromatic N) is 1.